The summed E-state index contributed by atoms with van der Waals surface area (Å²) in [5.41, 5.74) is 5.90. The van der Waals surface area contributed by atoms with Crippen molar-refractivity contribution in [2.75, 3.05) is 4.90 Å². The summed E-state index contributed by atoms with van der Waals surface area (Å²) in [6, 6.07) is 21.6. The molecule has 9 nitrogen and oxygen atoms in total. The maximum Gasteiger partial charge on any atom is 0.416 e. The molecule has 0 saturated carbocycles. The molecule has 0 radical (unpaired) electrons. The Balaban J connectivity index is 1.27. The zero-order valence-electron chi connectivity index (χ0n) is 22.7. The number of nitriles is 1. The number of rotatable bonds is 7. The summed E-state index contributed by atoms with van der Waals surface area (Å²) in [5, 5.41) is 21.6. The number of aromatic nitrogens is 4. The van der Waals surface area contributed by atoms with E-state index in [1.165, 1.54) is 30.2 Å². The fourth-order valence-corrected chi connectivity index (χ4v) is 5.70. The van der Waals surface area contributed by atoms with Crippen LogP contribution < -0.4 is 10.3 Å². The van der Waals surface area contributed by atoms with Crippen molar-refractivity contribution in [3.8, 4) is 6.07 Å². The van der Waals surface area contributed by atoms with E-state index in [-0.39, 0.29) is 6.54 Å². The van der Waals surface area contributed by atoms with Gasteiger partial charge in [-0.1, -0.05) is 35.2 Å². The molecule has 1 amide bonds. The van der Waals surface area contributed by atoms with Gasteiger partial charge in [-0.25, -0.2) is 10.1 Å². The third kappa shape index (κ3) is 6.30. The summed E-state index contributed by atoms with van der Waals surface area (Å²) in [5.74, 6) is -0.408. The Labute approximate surface area is 253 Å². The number of anilines is 2. The number of hydrogen-bond donors (Lipinski definition) is 1. The molecule has 13 heteroatoms. The zero-order chi connectivity index (χ0) is 30.7. The average molecular weight is 611 g/mol. The van der Waals surface area contributed by atoms with Crippen LogP contribution in [0, 0.1) is 11.3 Å². The lowest BCUT2D eigenvalue weighted by atomic mass is 10.1. The van der Waals surface area contributed by atoms with Gasteiger partial charge in [-0.05, 0) is 65.7 Å². The summed E-state index contributed by atoms with van der Waals surface area (Å²) in [6.07, 6.45) is 1.74. The van der Waals surface area contributed by atoms with Crippen LogP contribution in [0.4, 0.5) is 24.5 Å². The van der Waals surface area contributed by atoms with E-state index < -0.39 is 17.6 Å². The van der Waals surface area contributed by atoms with Gasteiger partial charge >= 0.3 is 6.18 Å². The number of halogens is 3. The number of pyridine rings is 1. The van der Waals surface area contributed by atoms with Crippen LogP contribution in [0.15, 0.2) is 106 Å². The molecule has 3 heterocycles. The van der Waals surface area contributed by atoms with Crippen molar-refractivity contribution >= 4 is 35.3 Å². The molecule has 6 rings (SSSR count). The van der Waals surface area contributed by atoms with E-state index in [1.807, 2.05) is 18.2 Å². The second kappa shape index (κ2) is 12.0. The third-order valence-corrected chi connectivity index (χ3v) is 7.82. The lowest BCUT2D eigenvalue weighted by Crippen LogP contribution is -2.21. The molecule has 1 aliphatic rings. The molecule has 0 aliphatic carbocycles. The number of carbonyl (C=O) groups excluding carboxylic acids is 1. The largest absolute Gasteiger partial charge is 0.416 e. The Kier molecular flexibility index (Phi) is 7.82. The first-order chi connectivity index (χ1) is 21.3. The molecule has 1 N–H and O–H groups in total. The van der Waals surface area contributed by atoms with E-state index in [2.05, 4.69) is 31.9 Å². The normalized spacial score (nSPS) is 12.5. The molecule has 2 aromatic heterocycles. The van der Waals surface area contributed by atoms with Crippen LogP contribution in [0.3, 0.4) is 0 Å². The quantitative estimate of drug-likeness (QED) is 0.173. The van der Waals surface area contributed by atoms with Crippen molar-refractivity contribution in [2.24, 2.45) is 5.10 Å². The van der Waals surface area contributed by atoms with Crippen LogP contribution >= 0.6 is 11.8 Å². The summed E-state index contributed by atoms with van der Waals surface area (Å²) in [7, 11) is 0. The second-order valence-electron chi connectivity index (χ2n) is 9.75. The van der Waals surface area contributed by atoms with Gasteiger partial charge in [-0.15, -0.1) is 5.10 Å². The van der Waals surface area contributed by atoms with Crippen LogP contribution in [0.1, 0.15) is 38.3 Å². The first-order valence-electron chi connectivity index (χ1n) is 13.2. The Bertz CT molecular complexity index is 1900. The minimum absolute atomic E-state index is 0.170. The Hall–Kier alpha value is -5.48. The number of hydrogen-bond acceptors (Lipinski definition) is 8. The number of benzene rings is 3. The number of alkyl halides is 3. The van der Waals surface area contributed by atoms with Gasteiger partial charge in [0.15, 0.2) is 0 Å². The van der Waals surface area contributed by atoms with Crippen LogP contribution in [0.25, 0.3) is 0 Å². The van der Waals surface area contributed by atoms with Crippen molar-refractivity contribution < 1.29 is 18.0 Å². The molecule has 0 bridgehead atoms. The molecule has 3 aromatic carbocycles. The van der Waals surface area contributed by atoms with Gasteiger partial charge in [0.2, 0.25) is 0 Å². The van der Waals surface area contributed by atoms with Crippen LogP contribution in [0.2, 0.25) is 0 Å². The van der Waals surface area contributed by atoms with Crippen molar-refractivity contribution in [1.29, 1.82) is 5.26 Å². The fraction of sp³-hybridized carbons (Fsp3) is 0.0968. The van der Waals surface area contributed by atoms with Crippen LogP contribution in [0.5, 0.6) is 0 Å². The van der Waals surface area contributed by atoms with E-state index in [4.69, 9.17) is 5.26 Å². The minimum Gasteiger partial charge on any atom is -0.333 e. The summed E-state index contributed by atoms with van der Waals surface area (Å²) in [4.78, 5) is 19.4. The number of amides is 1. The third-order valence-electron chi connectivity index (χ3n) is 6.71. The van der Waals surface area contributed by atoms with Crippen molar-refractivity contribution in [3.63, 3.8) is 0 Å². The summed E-state index contributed by atoms with van der Waals surface area (Å²) >= 11 is 1.35. The Morgan fingerprint density at radius 2 is 1.86 bits per heavy atom. The van der Waals surface area contributed by atoms with Gasteiger partial charge in [-0.2, -0.15) is 23.5 Å². The molecular weight excluding hydrogens is 589 g/mol. The molecule has 1 aliphatic heterocycles. The molecule has 0 saturated heterocycles. The fourth-order valence-electron chi connectivity index (χ4n) is 4.57. The molecule has 5 aromatic rings. The molecule has 0 atom stereocenters. The Morgan fingerprint density at radius 3 is 2.61 bits per heavy atom. The van der Waals surface area contributed by atoms with Crippen LogP contribution in [-0.2, 0) is 19.3 Å². The SMILES string of the molecule is N#Cc1ccc(Cn2cc(CN3c4ccc(/C=N/NC(=O)c5cccnc5)cc4Sc4ccc(C(F)(F)F)cc43)nn2)cc1. The van der Waals surface area contributed by atoms with E-state index in [0.717, 1.165) is 22.6 Å². The average Bonchev–Trinajstić information content (AvgIpc) is 3.47. The predicted octanol–water partition coefficient (Wildman–Crippen LogP) is 6.18. The zero-order valence-corrected chi connectivity index (χ0v) is 23.5. The lowest BCUT2D eigenvalue weighted by molar-refractivity contribution is -0.137. The highest BCUT2D eigenvalue weighted by atomic mass is 32.2. The Morgan fingerprint density at radius 1 is 1.02 bits per heavy atom. The van der Waals surface area contributed by atoms with Gasteiger partial charge in [0.1, 0.15) is 5.69 Å². The maximum absolute atomic E-state index is 13.7. The molecule has 218 valence electrons. The molecular formula is C31H21F3N8OS. The lowest BCUT2D eigenvalue weighted by Gasteiger charge is -2.33. The smallest absolute Gasteiger partial charge is 0.333 e. The van der Waals surface area contributed by atoms with E-state index in [0.29, 0.717) is 45.2 Å². The summed E-state index contributed by atoms with van der Waals surface area (Å²) in [6.45, 7) is 0.587. The number of fused-ring (bicyclic) bond motifs is 2. The highest BCUT2D eigenvalue weighted by Crippen LogP contribution is 2.50. The standard InChI is InChI=1S/C31H21F3N8OS/c32-31(33,34)24-8-10-28-27(13-24)42(19-25-18-41(40-38-25)17-21-5-3-20(14-35)4-6-21)26-9-7-22(12-29(26)44-28)15-37-39-30(43)23-2-1-11-36-16-23/h1-13,15-16,18H,17,19H2,(H,39,43)/b37-15+. The highest BCUT2D eigenvalue weighted by molar-refractivity contribution is 7.99. The molecule has 44 heavy (non-hydrogen) atoms. The topological polar surface area (TPSA) is 112 Å². The highest BCUT2D eigenvalue weighted by Gasteiger charge is 2.33. The van der Waals surface area contributed by atoms with Gasteiger partial charge in [0.25, 0.3) is 5.91 Å². The van der Waals surface area contributed by atoms with Crippen LogP contribution in [-0.4, -0.2) is 32.1 Å². The number of nitrogens with one attached hydrogen (secondary N) is 1. The van der Waals surface area contributed by atoms with E-state index in [1.54, 1.807) is 58.4 Å². The van der Waals surface area contributed by atoms with Gasteiger partial charge in [0.05, 0.1) is 59.6 Å². The number of hydrazone groups is 1. The minimum atomic E-state index is -4.50. The van der Waals surface area contributed by atoms with Gasteiger partial charge < -0.3 is 4.90 Å². The summed E-state index contributed by atoms with van der Waals surface area (Å²) < 4.78 is 42.7. The maximum atomic E-state index is 13.7. The van der Waals surface area contributed by atoms with Crippen molar-refractivity contribution in [1.82, 2.24) is 25.4 Å². The first-order valence-corrected chi connectivity index (χ1v) is 14.0. The second-order valence-corrected chi connectivity index (χ2v) is 10.8. The van der Waals surface area contributed by atoms with Gasteiger partial charge in [0, 0.05) is 22.2 Å². The molecule has 0 unspecified atom stereocenters. The monoisotopic (exact) mass is 610 g/mol. The van der Waals surface area contributed by atoms with E-state index in [9.17, 15) is 18.0 Å². The van der Waals surface area contributed by atoms with Crippen molar-refractivity contribution in [2.45, 2.75) is 29.1 Å². The van der Waals surface area contributed by atoms with Gasteiger partial charge in [-0.3, -0.25) is 9.78 Å². The molecule has 0 fully saturated rings. The van der Waals surface area contributed by atoms with E-state index >= 15 is 0 Å². The molecule has 0 spiro atoms. The van der Waals surface area contributed by atoms with Crippen molar-refractivity contribution in [3.05, 3.63) is 125 Å². The number of nitrogens with zero attached hydrogens (tertiary/aromatic N) is 7. The number of carbonyl (C=O) groups is 1. The first kappa shape index (κ1) is 28.6. The predicted molar refractivity (Wildman–Crippen MR) is 157 cm³/mol.